The van der Waals surface area contributed by atoms with Crippen molar-refractivity contribution in [2.45, 2.75) is 0 Å². The van der Waals surface area contributed by atoms with Gasteiger partial charge in [0, 0.05) is 12.7 Å². The van der Waals surface area contributed by atoms with E-state index in [0.717, 1.165) is 5.69 Å². The van der Waals surface area contributed by atoms with E-state index < -0.39 is 0 Å². The second-order valence-corrected chi connectivity index (χ2v) is 2.03. The van der Waals surface area contributed by atoms with Crippen molar-refractivity contribution in [2.24, 2.45) is 4.99 Å². The lowest BCUT2D eigenvalue weighted by Crippen LogP contribution is -1.85. The van der Waals surface area contributed by atoms with Crippen LogP contribution in [-0.4, -0.2) is 13.5 Å². The smallest absolute Gasteiger partial charge is 0.176 e. The van der Waals surface area contributed by atoms with Crippen LogP contribution >= 0.6 is 0 Å². The average molecular weight is 152 g/mol. The van der Waals surface area contributed by atoms with Gasteiger partial charge in [-0.3, -0.25) is 0 Å². The summed E-state index contributed by atoms with van der Waals surface area (Å²) in [6, 6.07) is 7.19. The molecule has 1 N–H and O–H groups in total. The Morgan fingerprint density at radius 1 is 1.55 bits per heavy atom. The van der Waals surface area contributed by atoms with Gasteiger partial charge in [-0.15, -0.1) is 0 Å². The van der Waals surface area contributed by atoms with Crippen LogP contribution in [0, 0.1) is 0 Å². The van der Waals surface area contributed by atoms with E-state index in [1.807, 2.05) is 12.1 Å². The first-order valence-corrected chi connectivity index (χ1v) is 3.27. The summed E-state index contributed by atoms with van der Waals surface area (Å²) < 4.78 is 11.6. The molecule has 0 aliphatic rings. The summed E-state index contributed by atoms with van der Waals surface area (Å²) in [5, 5.41) is 2.93. The summed E-state index contributed by atoms with van der Waals surface area (Å²) in [7, 11) is 1.80. The molecule has 0 heterocycles. The Morgan fingerprint density at radius 2 is 2.36 bits per heavy atom. The summed E-state index contributed by atoms with van der Waals surface area (Å²) in [4.78, 5) is 3.48. The third-order valence-corrected chi connectivity index (χ3v) is 1.33. The van der Waals surface area contributed by atoms with E-state index in [9.17, 15) is 4.39 Å². The lowest BCUT2D eigenvalue weighted by atomic mass is 10.3. The molecule has 1 rings (SSSR count). The highest BCUT2D eigenvalue weighted by atomic mass is 19.1. The topological polar surface area (TPSA) is 24.4 Å². The number of hydrogen-bond donors (Lipinski definition) is 1. The van der Waals surface area contributed by atoms with Gasteiger partial charge in [0.2, 0.25) is 0 Å². The Balaban J connectivity index is 2.91. The van der Waals surface area contributed by atoms with Crippen molar-refractivity contribution in [3.63, 3.8) is 0 Å². The maximum Gasteiger partial charge on any atom is 0.176 e. The van der Waals surface area contributed by atoms with E-state index in [4.69, 9.17) is 0 Å². The van der Waals surface area contributed by atoms with Crippen LogP contribution in [0.15, 0.2) is 29.3 Å². The van der Waals surface area contributed by atoms with Crippen LogP contribution in [0.25, 0.3) is 0 Å². The maximum atomic E-state index is 11.6. The number of nitrogens with zero attached hydrogens (tertiary/aromatic N) is 1. The Bertz CT molecular complexity index is 258. The molecule has 0 aromatic heterocycles. The normalized spacial score (nSPS) is 10.4. The van der Waals surface area contributed by atoms with Crippen molar-refractivity contribution >= 4 is 17.8 Å². The highest BCUT2D eigenvalue weighted by Crippen LogP contribution is 2.16. The quantitative estimate of drug-likeness (QED) is 0.646. The first kappa shape index (κ1) is 7.72. The molecule has 2 nitrogen and oxygen atoms in total. The molecule has 1 aromatic carbocycles. The second kappa shape index (κ2) is 3.71. The largest absolute Gasteiger partial charge is 0.388 e. The number of hydrogen-bond acceptors (Lipinski definition) is 2. The number of halogens is 1. The van der Waals surface area contributed by atoms with Crippen LogP contribution in [-0.2, 0) is 0 Å². The molecule has 58 valence electrons. The van der Waals surface area contributed by atoms with E-state index in [2.05, 4.69) is 10.3 Å². The van der Waals surface area contributed by atoms with Crippen LogP contribution in [0.2, 0.25) is 0 Å². The van der Waals surface area contributed by atoms with E-state index >= 15 is 0 Å². The fourth-order valence-electron chi connectivity index (χ4n) is 0.798. The van der Waals surface area contributed by atoms with Gasteiger partial charge in [-0.2, -0.15) is 4.39 Å². The molecule has 3 heteroatoms. The van der Waals surface area contributed by atoms with Crippen molar-refractivity contribution in [1.29, 1.82) is 0 Å². The minimum Gasteiger partial charge on any atom is -0.388 e. The Kier molecular flexibility index (Phi) is 2.60. The van der Waals surface area contributed by atoms with Crippen molar-refractivity contribution < 1.29 is 4.39 Å². The van der Waals surface area contributed by atoms with E-state index in [0.29, 0.717) is 5.69 Å². The lowest BCUT2D eigenvalue weighted by Gasteiger charge is -1.98. The molecule has 0 radical (unpaired) electrons. The number of aliphatic imine (C=N–C) groups is 1. The SMILES string of the molecule is CNc1cccc(N=CF)c1. The summed E-state index contributed by atoms with van der Waals surface area (Å²) in [5.41, 5.74) is 1.53. The van der Waals surface area contributed by atoms with Crippen LogP contribution in [0.3, 0.4) is 0 Å². The number of rotatable bonds is 2. The fourth-order valence-corrected chi connectivity index (χ4v) is 0.798. The van der Waals surface area contributed by atoms with Gasteiger partial charge in [-0.1, -0.05) is 6.07 Å². The fraction of sp³-hybridized carbons (Fsp3) is 0.125. The summed E-state index contributed by atoms with van der Waals surface area (Å²) in [6.45, 7) is 0.286. The molecular weight excluding hydrogens is 143 g/mol. The number of nitrogens with one attached hydrogen (secondary N) is 1. The minimum absolute atomic E-state index is 0.286. The predicted octanol–water partition coefficient (Wildman–Crippen LogP) is 2.36. The lowest BCUT2D eigenvalue weighted by molar-refractivity contribution is 0.842. The van der Waals surface area contributed by atoms with E-state index in [1.165, 1.54) is 0 Å². The highest BCUT2D eigenvalue weighted by Gasteiger charge is 1.89. The average Bonchev–Trinajstić information content (AvgIpc) is 2.06. The molecule has 0 aliphatic heterocycles. The molecule has 0 saturated heterocycles. The molecule has 0 saturated carbocycles. The van der Waals surface area contributed by atoms with Gasteiger partial charge in [-0.25, -0.2) is 4.99 Å². The van der Waals surface area contributed by atoms with Crippen molar-refractivity contribution in [3.05, 3.63) is 24.3 Å². The van der Waals surface area contributed by atoms with Crippen molar-refractivity contribution in [1.82, 2.24) is 0 Å². The third-order valence-electron chi connectivity index (χ3n) is 1.33. The van der Waals surface area contributed by atoms with Gasteiger partial charge in [0.1, 0.15) is 0 Å². The molecule has 0 atom stereocenters. The second-order valence-electron chi connectivity index (χ2n) is 2.03. The van der Waals surface area contributed by atoms with Gasteiger partial charge in [0.05, 0.1) is 5.69 Å². The van der Waals surface area contributed by atoms with E-state index in [1.54, 1.807) is 19.2 Å². The molecule has 0 amide bonds. The summed E-state index contributed by atoms with van der Waals surface area (Å²) in [5.74, 6) is 0. The molecule has 0 fully saturated rings. The van der Waals surface area contributed by atoms with Crippen LogP contribution in [0.4, 0.5) is 15.8 Å². The molecular formula is C8H9FN2. The Labute approximate surface area is 64.8 Å². The molecule has 0 spiro atoms. The third kappa shape index (κ3) is 2.04. The first-order valence-electron chi connectivity index (χ1n) is 3.27. The zero-order valence-corrected chi connectivity index (χ0v) is 6.21. The number of benzene rings is 1. The van der Waals surface area contributed by atoms with Crippen molar-refractivity contribution in [2.75, 3.05) is 12.4 Å². The Morgan fingerprint density at radius 3 is 3.00 bits per heavy atom. The van der Waals surface area contributed by atoms with Gasteiger partial charge in [-0.05, 0) is 18.2 Å². The van der Waals surface area contributed by atoms with Gasteiger partial charge in [0.25, 0.3) is 0 Å². The molecule has 1 aromatic rings. The van der Waals surface area contributed by atoms with E-state index in [-0.39, 0.29) is 6.47 Å². The minimum atomic E-state index is 0.286. The van der Waals surface area contributed by atoms with Gasteiger partial charge < -0.3 is 5.32 Å². The molecule has 11 heavy (non-hydrogen) atoms. The van der Waals surface area contributed by atoms with Gasteiger partial charge >= 0.3 is 0 Å². The van der Waals surface area contributed by atoms with Crippen LogP contribution in [0.1, 0.15) is 0 Å². The highest BCUT2D eigenvalue weighted by molar-refractivity contribution is 5.59. The predicted molar refractivity (Wildman–Crippen MR) is 45.2 cm³/mol. The van der Waals surface area contributed by atoms with Crippen LogP contribution < -0.4 is 5.32 Å². The standard InChI is InChI=1S/C8H9FN2/c1-10-7-3-2-4-8(5-7)11-6-9/h2-6,10H,1H3. The number of anilines is 1. The first-order chi connectivity index (χ1) is 5.36. The molecule has 0 bridgehead atoms. The Hall–Kier alpha value is -1.38. The zero-order chi connectivity index (χ0) is 8.10. The maximum absolute atomic E-state index is 11.6. The summed E-state index contributed by atoms with van der Waals surface area (Å²) >= 11 is 0. The zero-order valence-electron chi connectivity index (χ0n) is 6.21. The summed E-state index contributed by atoms with van der Waals surface area (Å²) in [6.07, 6.45) is 0. The monoisotopic (exact) mass is 152 g/mol. The molecule has 0 unspecified atom stereocenters. The molecule has 0 aliphatic carbocycles. The van der Waals surface area contributed by atoms with Crippen molar-refractivity contribution in [3.8, 4) is 0 Å². The van der Waals surface area contributed by atoms with Gasteiger partial charge in [0.15, 0.2) is 6.47 Å². The van der Waals surface area contributed by atoms with Crippen LogP contribution in [0.5, 0.6) is 0 Å².